The first-order chi connectivity index (χ1) is 8.69. The van der Waals surface area contributed by atoms with Crippen LogP contribution in [0.3, 0.4) is 0 Å². The van der Waals surface area contributed by atoms with E-state index in [1.54, 1.807) is 11.8 Å². The molecule has 0 aromatic rings. The number of hydrogen-bond donors (Lipinski definition) is 0. The minimum Gasteiger partial charge on any atom is -0.466 e. The van der Waals surface area contributed by atoms with Gasteiger partial charge in [0.05, 0.1) is 12.5 Å². The number of carbonyl (C=O) groups excluding carboxylic acids is 2. The highest BCUT2D eigenvalue weighted by molar-refractivity contribution is 5.79. The van der Waals surface area contributed by atoms with Gasteiger partial charge in [-0.3, -0.25) is 9.59 Å². The molecule has 1 aliphatic rings. The van der Waals surface area contributed by atoms with Gasteiger partial charge in [-0.05, 0) is 26.2 Å². The van der Waals surface area contributed by atoms with Gasteiger partial charge in [0.1, 0.15) is 6.61 Å². The zero-order chi connectivity index (χ0) is 13.4. The van der Waals surface area contributed by atoms with Gasteiger partial charge >= 0.3 is 5.97 Å². The van der Waals surface area contributed by atoms with Gasteiger partial charge in [-0.1, -0.05) is 6.92 Å². The molecule has 0 unspecified atom stereocenters. The molecular formula is C13H23NO4. The molecule has 1 heterocycles. The normalized spacial score (nSPS) is 19.7. The summed E-state index contributed by atoms with van der Waals surface area (Å²) >= 11 is 0. The number of piperidine rings is 1. The van der Waals surface area contributed by atoms with Crippen LogP contribution in [0, 0.1) is 5.92 Å². The summed E-state index contributed by atoms with van der Waals surface area (Å²) < 4.78 is 10.2. The first-order valence-electron chi connectivity index (χ1n) is 6.71. The molecule has 1 rings (SSSR count). The minimum atomic E-state index is -0.190. The average molecular weight is 257 g/mol. The van der Waals surface area contributed by atoms with Crippen LogP contribution >= 0.6 is 0 Å². The summed E-state index contributed by atoms with van der Waals surface area (Å²) in [6.45, 7) is 6.08. The molecule has 18 heavy (non-hydrogen) atoms. The molecule has 5 nitrogen and oxygen atoms in total. The highest BCUT2D eigenvalue weighted by Gasteiger charge is 2.29. The monoisotopic (exact) mass is 257 g/mol. The quantitative estimate of drug-likeness (QED) is 0.530. The molecule has 0 aromatic carbocycles. The lowest BCUT2D eigenvalue weighted by Crippen LogP contribution is -2.44. The summed E-state index contributed by atoms with van der Waals surface area (Å²) in [6.07, 6.45) is 2.56. The van der Waals surface area contributed by atoms with Crippen molar-refractivity contribution in [1.82, 2.24) is 4.90 Å². The van der Waals surface area contributed by atoms with Gasteiger partial charge in [0.25, 0.3) is 0 Å². The molecule has 1 atom stereocenters. The minimum absolute atomic E-state index is 0.0301. The summed E-state index contributed by atoms with van der Waals surface area (Å²) in [6, 6.07) is 0. The molecule has 1 amide bonds. The van der Waals surface area contributed by atoms with Crippen LogP contribution in [0.1, 0.15) is 33.1 Å². The van der Waals surface area contributed by atoms with Crippen molar-refractivity contribution in [3.63, 3.8) is 0 Å². The fourth-order valence-electron chi connectivity index (χ4n) is 2.05. The van der Waals surface area contributed by atoms with E-state index in [9.17, 15) is 9.59 Å². The predicted molar refractivity (Wildman–Crippen MR) is 67.0 cm³/mol. The molecule has 0 aliphatic carbocycles. The Labute approximate surface area is 108 Å². The van der Waals surface area contributed by atoms with E-state index in [0.717, 1.165) is 19.3 Å². The molecule has 0 bridgehead atoms. The smallest absolute Gasteiger partial charge is 0.310 e. The second-order valence-electron chi connectivity index (χ2n) is 4.48. The summed E-state index contributed by atoms with van der Waals surface area (Å²) in [4.78, 5) is 25.2. The van der Waals surface area contributed by atoms with Crippen LogP contribution < -0.4 is 0 Å². The standard InChI is InChI=1S/C13H23NO4/c1-3-8-17-10-12(15)14-7-5-6-11(9-14)13(16)18-4-2/h11H,3-10H2,1-2H3/t11-/m1/s1. The first kappa shape index (κ1) is 15.0. The molecule has 104 valence electrons. The number of likely N-dealkylation sites (tertiary alicyclic amines) is 1. The maximum absolute atomic E-state index is 11.8. The fourth-order valence-corrected chi connectivity index (χ4v) is 2.05. The van der Waals surface area contributed by atoms with Crippen LogP contribution in [0.25, 0.3) is 0 Å². The van der Waals surface area contributed by atoms with Crippen molar-refractivity contribution >= 4 is 11.9 Å². The molecule has 0 aromatic heterocycles. The van der Waals surface area contributed by atoms with Crippen LogP contribution in [0.15, 0.2) is 0 Å². The van der Waals surface area contributed by atoms with Gasteiger partial charge in [0.15, 0.2) is 0 Å². The predicted octanol–water partition coefficient (Wildman–Crippen LogP) is 1.21. The fraction of sp³-hybridized carbons (Fsp3) is 0.846. The SMILES string of the molecule is CCCOCC(=O)N1CCC[C@@H](C(=O)OCC)C1. The third kappa shape index (κ3) is 4.64. The number of carbonyl (C=O) groups is 2. The average Bonchev–Trinajstić information content (AvgIpc) is 2.39. The van der Waals surface area contributed by atoms with Crippen molar-refractivity contribution in [3.8, 4) is 0 Å². The van der Waals surface area contributed by atoms with Crippen molar-refractivity contribution < 1.29 is 19.1 Å². The Morgan fingerprint density at radius 2 is 2.11 bits per heavy atom. The number of nitrogens with zero attached hydrogens (tertiary/aromatic N) is 1. The van der Waals surface area contributed by atoms with Gasteiger partial charge in [-0.25, -0.2) is 0 Å². The molecule has 0 spiro atoms. The second-order valence-corrected chi connectivity index (χ2v) is 4.48. The van der Waals surface area contributed by atoms with E-state index in [4.69, 9.17) is 9.47 Å². The number of rotatable bonds is 6. The molecule has 5 heteroatoms. The van der Waals surface area contributed by atoms with E-state index in [1.807, 2.05) is 6.92 Å². The summed E-state index contributed by atoms with van der Waals surface area (Å²) in [5.41, 5.74) is 0. The van der Waals surface area contributed by atoms with Crippen molar-refractivity contribution in [2.45, 2.75) is 33.1 Å². The number of ether oxygens (including phenoxy) is 2. The van der Waals surface area contributed by atoms with Gasteiger partial charge in [-0.2, -0.15) is 0 Å². The van der Waals surface area contributed by atoms with E-state index in [0.29, 0.717) is 26.3 Å². The van der Waals surface area contributed by atoms with Crippen LogP contribution in [-0.2, 0) is 19.1 Å². The summed E-state index contributed by atoms with van der Waals surface area (Å²) in [5.74, 6) is -0.393. The van der Waals surface area contributed by atoms with Crippen LogP contribution in [-0.4, -0.2) is 49.7 Å². The van der Waals surface area contributed by atoms with Crippen LogP contribution in [0.5, 0.6) is 0 Å². The third-order valence-corrected chi connectivity index (χ3v) is 2.97. The van der Waals surface area contributed by atoms with E-state index >= 15 is 0 Å². The van der Waals surface area contributed by atoms with E-state index in [-0.39, 0.29) is 24.4 Å². The lowest BCUT2D eigenvalue weighted by Gasteiger charge is -2.31. The number of amides is 1. The second kappa shape index (κ2) is 8.08. The van der Waals surface area contributed by atoms with E-state index in [2.05, 4.69) is 0 Å². The van der Waals surface area contributed by atoms with E-state index < -0.39 is 0 Å². The van der Waals surface area contributed by atoms with E-state index in [1.165, 1.54) is 0 Å². The topological polar surface area (TPSA) is 55.8 Å². The Morgan fingerprint density at radius 3 is 2.78 bits per heavy atom. The third-order valence-electron chi connectivity index (χ3n) is 2.97. The number of esters is 1. The van der Waals surface area contributed by atoms with Crippen molar-refractivity contribution in [2.75, 3.05) is 32.9 Å². The van der Waals surface area contributed by atoms with Gasteiger partial charge in [-0.15, -0.1) is 0 Å². The summed E-state index contributed by atoms with van der Waals surface area (Å²) in [7, 11) is 0. The number of hydrogen-bond acceptors (Lipinski definition) is 4. The van der Waals surface area contributed by atoms with Gasteiger partial charge < -0.3 is 14.4 Å². The highest BCUT2D eigenvalue weighted by atomic mass is 16.5. The maximum atomic E-state index is 11.8. The van der Waals surface area contributed by atoms with Crippen LogP contribution in [0.4, 0.5) is 0 Å². The largest absolute Gasteiger partial charge is 0.466 e. The van der Waals surface area contributed by atoms with Crippen molar-refractivity contribution in [3.05, 3.63) is 0 Å². The molecule has 1 aliphatic heterocycles. The highest BCUT2D eigenvalue weighted by Crippen LogP contribution is 2.18. The maximum Gasteiger partial charge on any atom is 0.310 e. The zero-order valence-electron chi connectivity index (χ0n) is 11.3. The van der Waals surface area contributed by atoms with Crippen LogP contribution in [0.2, 0.25) is 0 Å². The molecule has 1 saturated heterocycles. The lowest BCUT2D eigenvalue weighted by atomic mass is 9.98. The molecular weight excluding hydrogens is 234 g/mol. The van der Waals surface area contributed by atoms with Crippen molar-refractivity contribution in [2.24, 2.45) is 5.92 Å². The first-order valence-corrected chi connectivity index (χ1v) is 6.71. The Morgan fingerprint density at radius 1 is 1.33 bits per heavy atom. The van der Waals surface area contributed by atoms with Gasteiger partial charge in [0.2, 0.25) is 5.91 Å². The van der Waals surface area contributed by atoms with Gasteiger partial charge in [0, 0.05) is 19.7 Å². The Hall–Kier alpha value is -1.10. The zero-order valence-corrected chi connectivity index (χ0v) is 11.3. The Balaban J connectivity index is 2.38. The summed E-state index contributed by atoms with van der Waals surface area (Å²) in [5, 5.41) is 0. The molecule has 0 radical (unpaired) electrons. The Kier molecular flexibility index (Phi) is 6.72. The lowest BCUT2D eigenvalue weighted by molar-refractivity contribution is -0.152. The molecule has 1 fully saturated rings. The molecule has 0 N–H and O–H groups in total. The Bertz CT molecular complexity index is 280. The van der Waals surface area contributed by atoms with Crippen molar-refractivity contribution in [1.29, 1.82) is 0 Å². The molecule has 0 saturated carbocycles.